The summed E-state index contributed by atoms with van der Waals surface area (Å²) in [6.45, 7) is 5.66. The molecule has 0 atom stereocenters. The molecule has 0 aliphatic rings. The Bertz CT molecular complexity index is 392. The van der Waals surface area contributed by atoms with Crippen molar-refractivity contribution < 1.29 is 0 Å². The van der Waals surface area contributed by atoms with Crippen molar-refractivity contribution in [2.24, 2.45) is 0 Å². The molecule has 5 heteroatoms. The molecule has 2 rings (SSSR count). The van der Waals surface area contributed by atoms with Crippen LogP contribution in [0.25, 0.3) is 0 Å². The van der Waals surface area contributed by atoms with Crippen LogP contribution in [0, 0.1) is 13.8 Å². The van der Waals surface area contributed by atoms with E-state index in [9.17, 15) is 0 Å². The Labute approximate surface area is 92.8 Å². The van der Waals surface area contributed by atoms with Gasteiger partial charge in [0, 0.05) is 36.1 Å². The quantitative estimate of drug-likeness (QED) is 0.829. The van der Waals surface area contributed by atoms with E-state index in [1.165, 1.54) is 4.88 Å². The van der Waals surface area contributed by atoms with Crippen LogP contribution in [0.3, 0.4) is 0 Å². The summed E-state index contributed by atoms with van der Waals surface area (Å²) in [6, 6.07) is 0. The van der Waals surface area contributed by atoms with E-state index in [1.807, 2.05) is 26.2 Å². The average Bonchev–Trinajstić information content (AvgIpc) is 2.76. The van der Waals surface area contributed by atoms with Gasteiger partial charge >= 0.3 is 0 Å². The number of aromatic amines is 1. The highest BCUT2D eigenvalue weighted by Gasteiger charge is 1.99. The fraction of sp³-hybridized carbons (Fsp3) is 0.400. The largest absolute Gasteiger partial charge is 0.345 e. The molecule has 0 saturated carbocycles. The first-order valence-corrected chi connectivity index (χ1v) is 5.68. The molecule has 0 saturated heterocycles. The maximum Gasteiger partial charge on any atom is 0.103 e. The first kappa shape index (κ1) is 10.3. The van der Waals surface area contributed by atoms with Gasteiger partial charge in [0.25, 0.3) is 0 Å². The summed E-state index contributed by atoms with van der Waals surface area (Å²) in [7, 11) is 0. The van der Waals surface area contributed by atoms with Crippen LogP contribution < -0.4 is 5.32 Å². The Balaban J connectivity index is 1.80. The third kappa shape index (κ3) is 2.87. The SMILES string of the molecule is Cc1ncc(CNCc2cnc(C)s2)[nH]1. The van der Waals surface area contributed by atoms with Crippen molar-refractivity contribution in [3.05, 3.63) is 33.8 Å². The van der Waals surface area contributed by atoms with Crippen molar-refractivity contribution in [2.45, 2.75) is 26.9 Å². The second kappa shape index (κ2) is 4.55. The van der Waals surface area contributed by atoms with Gasteiger partial charge in [-0.25, -0.2) is 9.97 Å². The summed E-state index contributed by atoms with van der Waals surface area (Å²) in [5.74, 6) is 0.959. The second-order valence-corrected chi connectivity index (χ2v) is 4.76. The Morgan fingerprint density at radius 2 is 2.13 bits per heavy atom. The molecule has 0 bridgehead atoms. The fourth-order valence-corrected chi connectivity index (χ4v) is 2.13. The lowest BCUT2D eigenvalue weighted by Gasteiger charge is -1.99. The predicted octanol–water partition coefficient (Wildman–Crippen LogP) is 1.77. The topological polar surface area (TPSA) is 53.6 Å². The second-order valence-electron chi connectivity index (χ2n) is 3.44. The molecule has 2 aromatic rings. The Kier molecular flexibility index (Phi) is 3.13. The highest BCUT2D eigenvalue weighted by Crippen LogP contribution is 2.10. The first-order chi connectivity index (χ1) is 7.24. The number of nitrogens with one attached hydrogen (secondary N) is 2. The monoisotopic (exact) mass is 222 g/mol. The van der Waals surface area contributed by atoms with Gasteiger partial charge in [-0.1, -0.05) is 0 Å². The molecule has 2 N–H and O–H groups in total. The molecular weight excluding hydrogens is 208 g/mol. The van der Waals surface area contributed by atoms with Crippen LogP contribution in [-0.2, 0) is 13.1 Å². The van der Waals surface area contributed by atoms with E-state index < -0.39 is 0 Å². The molecule has 0 aromatic carbocycles. The summed E-state index contributed by atoms with van der Waals surface area (Å²) in [4.78, 5) is 12.8. The lowest BCUT2D eigenvalue weighted by atomic mass is 10.4. The van der Waals surface area contributed by atoms with E-state index in [4.69, 9.17) is 0 Å². The minimum absolute atomic E-state index is 0.817. The standard InChI is InChI=1S/C10H14N4S/c1-7-12-4-9(14-7)3-11-5-10-6-13-8(2)15-10/h4,6,11H,3,5H2,1-2H3,(H,12,14). The minimum atomic E-state index is 0.817. The Hall–Kier alpha value is -1.20. The van der Waals surface area contributed by atoms with E-state index in [0.717, 1.165) is 29.6 Å². The molecule has 15 heavy (non-hydrogen) atoms. The number of hydrogen-bond donors (Lipinski definition) is 2. The van der Waals surface area contributed by atoms with Gasteiger partial charge in [-0.2, -0.15) is 0 Å². The lowest BCUT2D eigenvalue weighted by Crippen LogP contribution is -2.11. The van der Waals surface area contributed by atoms with Crippen LogP contribution in [0.2, 0.25) is 0 Å². The summed E-state index contributed by atoms with van der Waals surface area (Å²) < 4.78 is 0. The molecule has 4 nitrogen and oxygen atoms in total. The van der Waals surface area contributed by atoms with E-state index >= 15 is 0 Å². The summed E-state index contributed by atoms with van der Waals surface area (Å²) in [5, 5.41) is 4.46. The third-order valence-corrected chi connectivity index (χ3v) is 2.95. The highest BCUT2D eigenvalue weighted by molar-refractivity contribution is 7.11. The summed E-state index contributed by atoms with van der Waals surface area (Å²) in [5.41, 5.74) is 1.12. The zero-order valence-electron chi connectivity index (χ0n) is 8.87. The van der Waals surface area contributed by atoms with Gasteiger partial charge in [-0.15, -0.1) is 11.3 Å². The molecule has 0 radical (unpaired) electrons. The van der Waals surface area contributed by atoms with Crippen LogP contribution in [0.15, 0.2) is 12.4 Å². The van der Waals surface area contributed by atoms with Gasteiger partial charge in [0.1, 0.15) is 5.82 Å². The number of imidazole rings is 1. The number of hydrogen-bond acceptors (Lipinski definition) is 4. The number of thiazole rings is 1. The normalized spacial score (nSPS) is 10.8. The van der Waals surface area contributed by atoms with Gasteiger partial charge in [0.15, 0.2) is 0 Å². The van der Waals surface area contributed by atoms with E-state index in [1.54, 1.807) is 11.3 Å². The summed E-state index contributed by atoms with van der Waals surface area (Å²) in [6.07, 6.45) is 3.78. The molecule has 0 unspecified atom stereocenters. The summed E-state index contributed by atoms with van der Waals surface area (Å²) >= 11 is 1.73. The molecule has 80 valence electrons. The van der Waals surface area contributed by atoms with Crippen molar-refractivity contribution >= 4 is 11.3 Å². The van der Waals surface area contributed by atoms with E-state index in [2.05, 4.69) is 20.3 Å². The van der Waals surface area contributed by atoms with Crippen molar-refractivity contribution in [1.29, 1.82) is 0 Å². The molecule has 0 spiro atoms. The molecule has 0 aliphatic heterocycles. The van der Waals surface area contributed by atoms with E-state index in [0.29, 0.717) is 0 Å². The number of rotatable bonds is 4. The number of aromatic nitrogens is 3. The number of H-pyrrole nitrogens is 1. The minimum Gasteiger partial charge on any atom is -0.345 e. The Morgan fingerprint density at radius 1 is 1.27 bits per heavy atom. The van der Waals surface area contributed by atoms with Crippen molar-refractivity contribution in [3.63, 3.8) is 0 Å². The zero-order chi connectivity index (χ0) is 10.7. The lowest BCUT2D eigenvalue weighted by molar-refractivity contribution is 0.687. The smallest absolute Gasteiger partial charge is 0.103 e. The van der Waals surface area contributed by atoms with Crippen LogP contribution in [-0.4, -0.2) is 15.0 Å². The maximum absolute atomic E-state index is 4.20. The molecule has 0 fully saturated rings. The molecule has 2 heterocycles. The van der Waals surface area contributed by atoms with Crippen LogP contribution in [0.5, 0.6) is 0 Å². The van der Waals surface area contributed by atoms with Crippen molar-refractivity contribution in [2.75, 3.05) is 0 Å². The average molecular weight is 222 g/mol. The molecule has 0 aliphatic carbocycles. The van der Waals surface area contributed by atoms with Gasteiger partial charge in [0.2, 0.25) is 0 Å². The van der Waals surface area contributed by atoms with Gasteiger partial charge < -0.3 is 10.3 Å². The van der Waals surface area contributed by atoms with E-state index in [-0.39, 0.29) is 0 Å². The van der Waals surface area contributed by atoms with Gasteiger partial charge in [-0.05, 0) is 13.8 Å². The maximum atomic E-state index is 4.20. The van der Waals surface area contributed by atoms with Crippen LogP contribution in [0.1, 0.15) is 21.4 Å². The third-order valence-electron chi connectivity index (χ3n) is 2.04. The molecule has 0 amide bonds. The first-order valence-electron chi connectivity index (χ1n) is 4.86. The number of aryl methyl sites for hydroxylation is 2. The van der Waals surface area contributed by atoms with Crippen LogP contribution in [0.4, 0.5) is 0 Å². The molecule has 2 aromatic heterocycles. The number of nitrogens with zero attached hydrogens (tertiary/aromatic N) is 2. The molecular formula is C10H14N4S. The van der Waals surface area contributed by atoms with Crippen LogP contribution >= 0.6 is 11.3 Å². The fourth-order valence-electron chi connectivity index (χ4n) is 1.37. The van der Waals surface area contributed by atoms with Crippen molar-refractivity contribution in [3.8, 4) is 0 Å². The van der Waals surface area contributed by atoms with Crippen molar-refractivity contribution in [1.82, 2.24) is 20.3 Å². The Morgan fingerprint density at radius 3 is 2.73 bits per heavy atom. The highest BCUT2D eigenvalue weighted by atomic mass is 32.1. The van der Waals surface area contributed by atoms with Gasteiger partial charge in [-0.3, -0.25) is 0 Å². The zero-order valence-corrected chi connectivity index (χ0v) is 9.69. The predicted molar refractivity (Wildman–Crippen MR) is 60.7 cm³/mol. The van der Waals surface area contributed by atoms with Gasteiger partial charge in [0.05, 0.1) is 5.01 Å².